The number of hydrogen-bond acceptors (Lipinski definition) is 3. The summed E-state index contributed by atoms with van der Waals surface area (Å²) in [4.78, 5) is 6.48. The van der Waals surface area contributed by atoms with Gasteiger partial charge in [0.1, 0.15) is 0 Å². The smallest absolute Gasteiger partial charge is 0.0702 e. The number of aryl methyl sites for hydroxylation is 1. The van der Waals surface area contributed by atoms with E-state index in [4.69, 9.17) is 0 Å². The van der Waals surface area contributed by atoms with Crippen molar-refractivity contribution in [3.8, 4) is 0 Å². The highest BCUT2D eigenvalue weighted by Gasteiger charge is 2.20. The van der Waals surface area contributed by atoms with E-state index in [2.05, 4.69) is 52.8 Å². The number of hydrogen-bond donors (Lipinski definition) is 1. The fourth-order valence-corrected chi connectivity index (χ4v) is 3.89. The summed E-state index contributed by atoms with van der Waals surface area (Å²) in [6.07, 6.45) is 7.73. The first-order valence-electron chi connectivity index (χ1n) is 9.20. The van der Waals surface area contributed by atoms with E-state index >= 15 is 0 Å². The molecule has 4 rings (SSSR count). The van der Waals surface area contributed by atoms with Crippen LogP contribution in [0.15, 0.2) is 42.7 Å². The molecular formula is C22H25N3O. The number of rotatable bonds is 3. The van der Waals surface area contributed by atoms with Gasteiger partial charge in [-0.2, -0.15) is 0 Å². The fourth-order valence-electron chi connectivity index (χ4n) is 3.89. The molecule has 0 fully saturated rings. The molecule has 26 heavy (non-hydrogen) atoms. The molecule has 1 aliphatic heterocycles. The second kappa shape index (κ2) is 7.06. The molecule has 3 aromatic rings. The number of nitrogens with zero attached hydrogens (tertiary/aromatic N) is 3. The summed E-state index contributed by atoms with van der Waals surface area (Å²) < 4.78 is 2.30. The lowest BCUT2D eigenvalue weighted by Crippen LogP contribution is -2.21. The maximum Gasteiger partial charge on any atom is 0.0702 e. The third-order valence-corrected chi connectivity index (χ3v) is 5.36. The van der Waals surface area contributed by atoms with Gasteiger partial charge in [-0.25, -0.2) is 0 Å². The number of likely N-dealkylation sites (N-methyl/N-ethyl adjacent to an activating group) is 1. The first kappa shape index (κ1) is 17.0. The van der Waals surface area contributed by atoms with Gasteiger partial charge in [0, 0.05) is 54.8 Å². The minimum Gasteiger partial charge on any atom is -0.392 e. The van der Waals surface area contributed by atoms with Gasteiger partial charge < -0.3 is 14.6 Å². The first-order valence-corrected chi connectivity index (χ1v) is 9.20. The van der Waals surface area contributed by atoms with Gasteiger partial charge in [-0.05, 0) is 55.8 Å². The molecule has 4 nitrogen and oxygen atoms in total. The van der Waals surface area contributed by atoms with Crippen LogP contribution in [0.2, 0.25) is 0 Å². The number of benzene rings is 1. The highest BCUT2D eigenvalue weighted by Crippen LogP contribution is 2.31. The average Bonchev–Trinajstić information content (AvgIpc) is 2.80. The minimum absolute atomic E-state index is 0.00419. The predicted molar refractivity (Wildman–Crippen MR) is 107 cm³/mol. The van der Waals surface area contributed by atoms with Crippen LogP contribution >= 0.6 is 0 Å². The topological polar surface area (TPSA) is 41.3 Å². The molecule has 1 aliphatic rings. The van der Waals surface area contributed by atoms with Crippen molar-refractivity contribution in [3.63, 3.8) is 0 Å². The lowest BCUT2D eigenvalue weighted by molar-refractivity contribution is 0.350. The Morgan fingerprint density at radius 3 is 2.69 bits per heavy atom. The molecule has 0 amide bonds. The zero-order chi connectivity index (χ0) is 18.1. The van der Waals surface area contributed by atoms with Crippen LogP contribution in [0.1, 0.15) is 22.4 Å². The normalized spacial score (nSPS) is 15.9. The third kappa shape index (κ3) is 3.06. The molecule has 134 valence electrons. The number of aromatic nitrogens is 2. The Kier molecular flexibility index (Phi) is 4.62. The Bertz CT molecular complexity index is 956. The van der Waals surface area contributed by atoms with Gasteiger partial charge in [0.2, 0.25) is 0 Å². The summed E-state index contributed by atoms with van der Waals surface area (Å²) >= 11 is 0. The van der Waals surface area contributed by atoms with E-state index in [-0.39, 0.29) is 6.61 Å². The van der Waals surface area contributed by atoms with Crippen LogP contribution in [0.25, 0.3) is 22.7 Å². The van der Waals surface area contributed by atoms with Crippen LogP contribution < -0.4 is 0 Å². The highest BCUT2D eigenvalue weighted by molar-refractivity contribution is 5.90. The minimum atomic E-state index is 0.00419. The molecule has 0 bridgehead atoms. The van der Waals surface area contributed by atoms with E-state index < -0.39 is 0 Å². The molecule has 0 saturated heterocycles. The van der Waals surface area contributed by atoms with E-state index in [1.54, 1.807) is 12.4 Å². The van der Waals surface area contributed by atoms with Crippen molar-refractivity contribution in [2.75, 3.05) is 26.7 Å². The van der Waals surface area contributed by atoms with Crippen LogP contribution in [-0.2, 0) is 12.8 Å². The molecule has 1 aromatic carbocycles. The van der Waals surface area contributed by atoms with Crippen molar-refractivity contribution in [2.45, 2.75) is 19.8 Å². The molecule has 2 aromatic heterocycles. The van der Waals surface area contributed by atoms with Crippen molar-refractivity contribution < 1.29 is 5.11 Å². The molecule has 3 heterocycles. The molecule has 0 spiro atoms. The van der Waals surface area contributed by atoms with Crippen molar-refractivity contribution >= 4 is 22.7 Å². The second-order valence-corrected chi connectivity index (χ2v) is 7.17. The van der Waals surface area contributed by atoms with Gasteiger partial charge in [-0.15, -0.1) is 0 Å². The summed E-state index contributed by atoms with van der Waals surface area (Å²) in [5.74, 6) is 0. The molecular weight excluding hydrogens is 322 g/mol. The molecule has 0 radical (unpaired) electrons. The van der Waals surface area contributed by atoms with E-state index in [1.165, 1.54) is 27.7 Å². The van der Waals surface area contributed by atoms with Crippen LogP contribution in [0.4, 0.5) is 0 Å². The third-order valence-electron chi connectivity index (χ3n) is 5.36. The van der Waals surface area contributed by atoms with Gasteiger partial charge in [0.15, 0.2) is 0 Å². The number of pyridine rings is 1. The van der Waals surface area contributed by atoms with Crippen LogP contribution in [-0.4, -0.2) is 46.3 Å². The van der Waals surface area contributed by atoms with Gasteiger partial charge in [0.05, 0.1) is 12.1 Å². The van der Waals surface area contributed by atoms with E-state index in [0.29, 0.717) is 0 Å². The number of fused-ring (bicyclic) bond motifs is 3. The summed E-state index contributed by atoms with van der Waals surface area (Å²) in [7, 11) is 2.19. The van der Waals surface area contributed by atoms with Crippen LogP contribution in [0, 0.1) is 6.92 Å². The zero-order valence-corrected chi connectivity index (χ0v) is 15.4. The number of aliphatic hydroxyl groups excluding tert-OH is 1. The largest absolute Gasteiger partial charge is 0.392 e. The molecule has 0 saturated carbocycles. The molecule has 0 aliphatic carbocycles. The van der Waals surface area contributed by atoms with Crippen molar-refractivity contribution in [3.05, 3.63) is 65.1 Å². The Morgan fingerprint density at radius 2 is 1.92 bits per heavy atom. The summed E-state index contributed by atoms with van der Waals surface area (Å²) in [5, 5.41) is 11.3. The van der Waals surface area contributed by atoms with Crippen molar-refractivity contribution in [1.82, 2.24) is 14.5 Å². The van der Waals surface area contributed by atoms with Crippen LogP contribution in [0.5, 0.6) is 0 Å². The molecule has 4 heteroatoms. The zero-order valence-electron chi connectivity index (χ0n) is 15.4. The predicted octanol–water partition coefficient (Wildman–Crippen LogP) is 3.37. The first-order chi connectivity index (χ1) is 12.7. The Hall–Kier alpha value is -2.43. The second-order valence-electron chi connectivity index (χ2n) is 7.17. The SMILES string of the molecule is Cc1ccc2c(c1)c1c(n2/C=C(\CO)c2ccncc2)CCN(C)CC1. The highest BCUT2D eigenvalue weighted by atomic mass is 16.3. The maximum absolute atomic E-state index is 9.99. The monoisotopic (exact) mass is 347 g/mol. The standard InChI is InChI=1S/C22H25N3O/c1-16-3-4-21-20(13-16)19-7-11-24(2)12-8-22(19)25(21)14-18(15-26)17-5-9-23-10-6-17/h3-6,9-10,13-14,26H,7-8,11-12,15H2,1-2H3/b18-14+. The van der Waals surface area contributed by atoms with Gasteiger partial charge in [0.25, 0.3) is 0 Å². The fraction of sp³-hybridized carbons (Fsp3) is 0.318. The summed E-state index contributed by atoms with van der Waals surface area (Å²) in [5.41, 5.74) is 7.26. The lowest BCUT2D eigenvalue weighted by Gasteiger charge is -2.13. The quantitative estimate of drug-likeness (QED) is 0.790. The molecule has 0 atom stereocenters. The lowest BCUT2D eigenvalue weighted by atomic mass is 10.1. The van der Waals surface area contributed by atoms with Gasteiger partial charge in [-0.3, -0.25) is 4.98 Å². The van der Waals surface area contributed by atoms with E-state index in [9.17, 15) is 5.11 Å². The van der Waals surface area contributed by atoms with Crippen LogP contribution in [0.3, 0.4) is 0 Å². The van der Waals surface area contributed by atoms with Crippen molar-refractivity contribution in [1.29, 1.82) is 0 Å². The van der Waals surface area contributed by atoms with E-state index in [0.717, 1.165) is 37.1 Å². The summed E-state index contributed by atoms with van der Waals surface area (Å²) in [6.45, 7) is 4.29. The Morgan fingerprint density at radius 1 is 1.15 bits per heavy atom. The maximum atomic E-state index is 9.99. The Balaban J connectivity index is 1.93. The summed E-state index contributed by atoms with van der Waals surface area (Å²) in [6, 6.07) is 10.6. The average molecular weight is 347 g/mol. The number of aliphatic hydroxyl groups is 1. The molecule has 1 N–H and O–H groups in total. The van der Waals surface area contributed by atoms with Crippen molar-refractivity contribution in [2.24, 2.45) is 0 Å². The molecule has 0 unspecified atom stereocenters. The van der Waals surface area contributed by atoms with E-state index in [1.807, 2.05) is 12.1 Å². The Labute approximate surface area is 154 Å². The van der Waals surface area contributed by atoms with Gasteiger partial charge >= 0.3 is 0 Å². The van der Waals surface area contributed by atoms with Gasteiger partial charge in [-0.1, -0.05) is 11.6 Å².